The van der Waals surface area contributed by atoms with Crippen LogP contribution in [0.4, 0.5) is 10.5 Å². The number of amides is 3. The van der Waals surface area contributed by atoms with E-state index in [0.717, 1.165) is 12.8 Å². The van der Waals surface area contributed by atoms with Crippen LogP contribution in [0.15, 0.2) is 16.6 Å². The number of carbonyl (C=O) groups is 3. The van der Waals surface area contributed by atoms with Gasteiger partial charge in [-0.3, -0.25) is 9.59 Å². The van der Waals surface area contributed by atoms with Gasteiger partial charge in [0, 0.05) is 43.9 Å². The number of halogens is 1. The first-order valence-electron chi connectivity index (χ1n) is 13.9. The molecule has 2 aliphatic rings. The van der Waals surface area contributed by atoms with Crippen LogP contribution < -0.4 is 9.64 Å². The molecular weight excluding hydrogens is 566 g/mol. The Bertz CT molecular complexity index is 1070. The standard InChI is InChI=1S/C29H44BrN3O6/c1-9-29(7)26(35)32(14-11-15-37-8)23-16-21(22(30)17-24(23)38-29)25(34)33(19(2)3)20-12-10-13-31(18-20)27(36)39-28(4,5)6/h16-17,19-20H,9-15,18H2,1-8H3/t20-,29?/m1/s1. The van der Waals surface area contributed by atoms with Gasteiger partial charge in [-0.25, -0.2) is 4.79 Å². The molecule has 2 aliphatic heterocycles. The maximum absolute atomic E-state index is 14.1. The molecule has 9 nitrogen and oxygen atoms in total. The average Bonchev–Trinajstić information content (AvgIpc) is 2.85. The van der Waals surface area contributed by atoms with Crippen molar-refractivity contribution in [1.29, 1.82) is 0 Å². The number of rotatable bonds is 8. The summed E-state index contributed by atoms with van der Waals surface area (Å²) in [5, 5.41) is 0. The van der Waals surface area contributed by atoms with Gasteiger partial charge in [0.1, 0.15) is 11.4 Å². The molecule has 2 atom stereocenters. The molecule has 1 unspecified atom stereocenters. The highest BCUT2D eigenvalue weighted by atomic mass is 79.9. The van der Waals surface area contributed by atoms with Gasteiger partial charge in [-0.05, 0) is 95.3 Å². The minimum atomic E-state index is -0.984. The third-order valence-electron chi connectivity index (χ3n) is 7.24. The number of benzene rings is 1. The second kappa shape index (κ2) is 12.5. The predicted molar refractivity (Wildman–Crippen MR) is 154 cm³/mol. The summed E-state index contributed by atoms with van der Waals surface area (Å²) in [4.78, 5) is 45.7. The summed E-state index contributed by atoms with van der Waals surface area (Å²) in [5.74, 6) is 0.267. The lowest BCUT2D eigenvalue weighted by molar-refractivity contribution is -0.134. The summed E-state index contributed by atoms with van der Waals surface area (Å²) in [6, 6.07) is 3.27. The second-order valence-corrected chi connectivity index (χ2v) is 12.7. The fraction of sp³-hybridized carbons (Fsp3) is 0.690. The highest BCUT2D eigenvalue weighted by molar-refractivity contribution is 9.10. The van der Waals surface area contributed by atoms with Crippen LogP contribution >= 0.6 is 15.9 Å². The van der Waals surface area contributed by atoms with E-state index in [4.69, 9.17) is 14.2 Å². The molecule has 218 valence electrons. The second-order valence-electron chi connectivity index (χ2n) is 11.8. The number of carbonyl (C=O) groups excluding carboxylic acids is 3. The van der Waals surface area contributed by atoms with Gasteiger partial charge < -0.3 is 28.9 Å². The maximum Gasteiger partial charge on any atom is 0.410 e. The number of ether oxygens (including phenoxy) is 3. The average molecular weight is 611 g/mol. The zero-order valence-electron chi connectivity index (χ0n) is 24.6. The van der Waals surface area contributed by atoms with Crippen molar-refractivity contribution in [2.75, 3.05) is 38.3 Å². The van der Waals surface area contributed by atoms with Crippen molar-refractivity contribution in [3.8, 4) is 5.75 Å². The highest BCUT2D eigenvalue weighted by Crippen LogP contribution is 2.43. The van der Waals surface area contributed by atoms with E-state index in [9.17, 15) is 14.4 Å². The number of hydrogen-bond acceptors (Lipinski definition) is 6. The van der Waals surface area contributed by atoms with Crippen LogP contribution in [0.5, 0.6) is 5.75 Å². The van der Waals surface area contributed by atoms with E-state index in [1.54, 1.807) is 36.0 Å². The van der Waals surface area contributed by atoms with Gasteiger partial charge in [0.25, 0.3) is 11.8 Å². The molecule has 39 heavy (non-hydrogen) atoms. The molecular formula is C29H44BrN3O6. The smallest absolute Gasteiger partial charge is 0.410 e. The first-order valence-corrected chi connectivity index (χ1v) is 14.7. The van der Waals surface area contributed by atoms with Gasteiger partial charge in [0.2, 0.25) is 0 Å². The Hall–Kier alpha value is -2.33. The topological polar surface area (TPSA) is 88.6 Å². The molecule has 1 aromatic rings. The summed E-state index contributed by atoms with van der Waals surface area (Å²) in [5.41, 5.74) is -0.544. The summed E-state index contributed by atoms with van der Waals surface area (Å²) in [7, 11) is 1.63. The van der Waals surface area contributed by atoms with Crippen molar-refractivity contribution in [2.24, 2.45) is 0 Å². The quantitative estimate of drug-likeness (QED) is 0.355. The third kappa shape index (κ3) is 7.06. The number of methoxy groups -OCH3 is 1. The lowest BCUT2D eigenvalue weighted by atomic mass is 9.96. The van der Waals surface area contributed by atoms with Gasteiger partial charge in [-0.2, -0.15) is 0 Å². The van der Waals surface area contributed by atoms with Crippen molar-refractivity contribution < 1.29 is 28.6 Å². The monoisotopic (exact) mass is 609 g/mol. The van der Waals surface area contributed by atoms with E-state index in [0.29, 0.717) is 60.6 Å². The van der Waals surface area contributed by atoms with Crippen LogP contribution in [-0.4, -0.2) is 84.3 Å². The fourth-order valence-corrected chi connectivity index (χ4v) is 5.62. The van der Waals surface area contributed by atoms with E-state index in [2.05, 4.69) is 15.9 Å². The third-order valence-corrected chi connectivity index (χ3v) is 7.90. The van der Waals surface area contributed by atoms with E-state index in [1.807, 2.05) is 46.4 Å². The van der Waals surface area contributed by atoms with Gasteiger partial charge >= 0.3 is 6.09 Å². The van der Waals surface area contributed by atoms with Crippen LogP contribution in [0.3, 0.4) is 0 Å². The van der Waals surface area contributed by atoms with Crippen LogP contribution in [0, 0.1) is 0 Å². The SMILES string of the molecule is CCC1(C)Oc2cc(Br)c(C(=O)N(C(C)C)[C@@H]3CCCN(C(=O)OC(C)(C)C)C3)cc2N(CCCOC)C1=O. The summed E-state index contributed by atoms with van der Waals surface area (Å²) >= 11 is 3.61. The van der Waals surface area contributed by atoms with Crippen molar-refractivity contribution in [3.05, 3.63) is 22.2 Å². The molecule has 0 radical (unpaired) electrons. The molecule has 0 aliphatic carbocycles. The van der Waals surface area contributed by atoms with E-state index in [1.165, 1.54) is 0 Å². The lowest BCUT2D eigenvalue weighted by Crippen LogP contribution is -2.55. The van der Waals surface area contributed by atoms with Crippen molar-refractivity contribution in [2.45, 2.75) is 97.4 Å². The normalized spacial score (nSPS) is 21.5. The highest BCUT2D eigenvalue weighted by Gasteiger charge is 2.44. The van der Waals surface area contributed by atoms with Crippen LogP contribution in [-0.2, 0) is 14.3 Å². The minimum Gasteiger partial charge on any atom is -0.475 e. The Labute approximate surface area is 241 Å². The number of fused-ring (bicyclic) bond motifs is 1. The first-order chi connectivity index (χ1) is 18.2. The minimum absolute atomic E-state index is 0.108. The Morgan fingerprint density at radius 3 is 2.56 bits per heavy atom. The molecule has 10 heteroatoms. The van der Waals surface area contributed by atoms with Crippen molar-refractivity contribution in [3.63, 3.8) is 0 Å². The van der Waals surface area contributed by atoms with Gasteiger partial charge in [0.05, 0.1) is 17.3 Å². The Kier molecular flexibility index (Phi) is 9.97. The van der Waals surface area contributed by atoms with Crippen LogP contribution in [0.25, 0.3) is 0 Å². The fourth-order valence-electron chi connectivity index (χ4n) is 5.13. The molecule has 2 heterocycles. The molecule has 0 N–H and O–H groups in total. The summed E-state index contributed by atoms with van der Waals surface area (Å²) in [6.45, 7) is 15.2. The molecule has 0 aromatic heterocycles. The lowest BCUT2D eigenvalue weighted by Gasteiger charge is -2.42. The number of likely N-dealkylation sites (tertiary alicyclic amines) is 1. The summed E-state index contributed by atoms with van der Waals surface area (Å²) in [6.07, 6.45) is 2.37. The van der Waals surface area contributed by atoms with Crippen molar-refractivity contribution >= 4 is 39.5 Å². The Morgan fingerprint density at radius 1 is 1.28 bits per heavy atom. The molecule has 1 fully saturated rings. The van der Waals surface area contributed by atoms with Crippen LogP contribution in [0.1, 0.15) is 84.5 Å². The molecule has 1 aromatic carbocycles. The zero-order chi connectivity index (χ0) is 29.1. The molecule has 3 amide bonds. The number of hydrogen-bond donors (Lipinski definition) is 0. The van der Waals surface area contributed by atoms with Crippen LogP contribution in [0.2, 0.25) is 0 Å². The zero-order valence-corrected chi connectivity index (χ0v) is 26.2. The Morgan fingerprint density at radius 2 is 1.97 bits per heavy atom. The summed E-state index contributed by atoms with van der Waals surface area (Å²) < 4.78 is 17.6. The maximum atomic E-state index is 14.1. The first kappa shape index (κ1) is 31.2. The van der Waals surface area contributed by atoms with Gasteiger partial charge in [-0.1, -0.05) is 6.92 Å². The molecule has 1 saturated heterocycles. The molecule has 3 rings (SSSR count). The Balaban J connectivity index is 1.94. The molecule has 0 saturated carbocycles. The number of piperidine rings is 1. The molecule has 0 bridgehead atoms. The predicted octanol–water partition coefficient (Wildman–Crippen LogP) is 5.63. The van der Waals surface area contributed by atoms with Gasteiger partial charge in [0.15, 0.2) is 5.60 Å². The number of anilines is 1. The van der Waals surface area contributed by atoms with Gasteiger partial charge in [-0.15, -0.1) is 0 Å². The van der Waals surface area contributed by atoms with Crippen molar-refractivity contribution in [1.82, 2.24) is 9.80 Å². The van der Waals surface area contributed by atoms with E-state index >= 15 is 0 Å². The molecule has 0 spiro atoms. The van der Waals surface area contributed by atoms with E-state index in [-0.39, 0.29) is 30.0 Å². The van der Waals surface area contributed by atoms with E-state index < -0.39 is 11.2 Å². The largest absolute Gasteiger partial charge is 0.475 e. The number of nitrogens with zero attached hydrogens (tertiary/aromatic N) is 3.